The minimum atomic E-state index is -1.02. The predicted octanol–water partition coefficient (Wildman–Crippen LogP) is -0.0571. The average molecular weight is 187 g/mol. The molecular weight excluding hydrogens is 174 g/mol. The van der Waals surface area contributed by atoms with Crippen molar-refractivity contribution in [2.75, 3.05) is 7.11 Å². The Kier molecular flexibility index (Phi) is 4.10. The van der Waals surface area contributed by atoms with Crippen molar-refractivity contribution in [3.05, 3.63) is 0 Å². The Hall–Kier alpha value is -1.39. The van der Waals surface area contributed by atoms with Crippen LogP contribution in [-0.4, -0.2) is 35.8 Å². The molecule has 5 heteroatoms. The standard InChI is InChI=1S/C8H13NO4/c1-5(2)9(6(3)10)7(11)8(12)13-4/h5H,1-4H3. The predicted molar refractivity (Wildman–Crippen MR) is 44.7 cm³/mol. The van der Waals surface area contributed by atoms with Gasteiger partial charge in [0.15, 0.2) is 0 Å². The Morgan fingerprint density at radius 2 is 1.69 bits per heavy atom. The number of rotatable bonds is 1. The van der Waals surface area contributed by atoms with Gasteiger partial charge in [-0.2, -0.15) is 0 Å². The van der Waals surface area contributed by atoms with Crippen molar-refractivity contribution in [1.29, 1.82) is 0 Å². The van der Waals surface area contributed by atoms with E-state index >= 15 is 0 Å². The highest BCUT2D eigenvalue weighted by Crippen LogP contribution is 2.00. The molecule has 5 nitrogen and oxygen atoms in total. The number of hydrogen-bond acceptors (Lipinski definition) is 4. The van der Waals surface area contributed by atoms with Crippen molar-refractivity contribution in [3.8, 4) is 0 Å². The molecule has 0 aliphatic heterocycles. The number of carbonyl (C=O) groups excluding carboxylic acids is 3. The molecule has 0 aliphatic rings. The van der Waals surface area contributed by atoms with Gasteiger partial charge in [-0.15, -0.1) is 0 Å². The number of ether oxygens (including phenoxy) is 1. The number of esters is 1. The highest BCUT2D eigenvalue weighted by molar-refractivity contribution is 6.35. The summed E-state index contributed by atoms with van der Waals surface area (Å²) >= 11 is 0. The summed E-state index contributed by atoms with van der Waals surface area (Å²) in [5.41, 5.74) is 0. The molecule has 0 aromatic heterocycles. The molecule has 0 rings (SSSR count). The first kappa shape index (κ1) is 11.6. The molecule has 0 aromatic carbocycles. The molecule has 0 saturated heterocycles. The van der Waals surface area contributed by atoms with E-state index in [2.05, 4.69) is 4.74 Å². The zero-order valence-electron chi connectivity index (χ0n) is 8.16. The van der Waals surface area contributed by atoms with E-state index in [-0.39, 0.29) is 6.04 Å². The molecule has 74 valence electrons. The van der Waals surface area contributed by atoms with Crippen LogP contribution in [0.4, 0.5) is 0 Å². The maximum atomic E-state index is 11.2. The zero-order valence-corrected chi connectivity index (χ0v) is 8.16. The van der Waals surface area contributed by atoms with Gasteiger partial charge in [0.2, 0.25) is 5.91 Å². The first-order valence-corrected chi connectivity index (χ1v) is 3.83. The molecule has 0 saturated carbocycles. The van der Waals surface area contributed by atoms with E-state index in [1.165, 1.54) is 6.92 Å². The monoisotopic (exact) mass is 187 g/mol. The second-order valence-electron chi connectivity index (χ2n) is 2.78. The summed E-state index contributed by atoms with van der Waals surface area (Å²) in [5.74, 6) is -2.42. The lowest BCUT2D eigenvalue weighted by molar-refractivity contribution is -0.162. The van der Waals surface area contributed by atoms with Crippen molar-refractivity contribution < 1.29 is 19.1 Å². The van der Waals surface area contributed by atoms with E-state index in [4.69, 9.17) is 0 Å². The fourth-order valence-corrected chi connectivity index (χ4v) is 0.927. The minimum Gasteiger partial charge on any atom is -0.462 e. The molecule has 0 unspecified atom stereocenters. The van der Waals surface area contributed by atoms with Gasteiger partial charge >= 0.3 is 11.9 Å². The molecule has 0 aliphatic carbocycles. The summed E-state index contributed by atoms with van der Waals surface area (Å²) in [6.45, 7) is 4.51. The first-order chi connectivity index (χ1) is 5.91. The number of methoxy groups -OCH3 is 1. The van der Waals surface area contributed by atoms with E-state index in [9.17, 15) is 14.4 Å². The molecule has 0 aromatic rings. The molecular formula is C8H13NO4. The average Bonchev–Trinajstić information content (AvgIpc) is 2.01. The number of carbonyl (C=O) groups is 3. The van der Waals surface area contributed by atoms with Crippen LogP contribution in [0.2, 0.25) is 0 Å². The third kappa shape index (κ3) is 2.85. The van der Waals surface area contributed by atoms with Crippen molar-refractivity contribution >= 4 is 17.8 Å². The summed E-state index contributed by atoms with van der Waals surface area (Å²) in [6, 6.07) is -0.343. The van der Waals surface area contributed by atoms with Gasteiger partial charge in [0.25, 0.3) is 0 Å². The summed E-state index contributed by atoms with van der Waals surface area (Å²) < 4.78 is 4.21. The van der Waals surface area contributed by atoms with Crippen molar-refractivity contribution in [1.82, 2.24) is 4.90 Å². The largest absolute Gasteiger partial charge is 0.462 e. The Labute approximate surface area is 76.7 Å². The van der Waals surface area contributed by atoms with Crippen LogP contribution in [0.5, 0.6) is 0 Å². The van der Waals surface area contributed by atoms with Crippen LogP contribution < -0.4 is 0 Å². The van der Waals surface area contributed by atoms with Gasteiger partial charge in [0.05, 0.1) is 7.11 Å². The Bertz CT molecular complexity index is 234. The van der Waals surface area contributed by atoms with Gasteiger partial charge < -0.3 is 4.74 Å². The molecule has 0 bridgehead atoms. The normalized spacial score (nSPS) is 9.62. The van der Waals surface area contributed by atoms with Gasteiger partial charge in [0, 0.05) is 13.0 Å². The highest BCUT2D eigenvalue weighted by atomic mass is 16.5. The lowest BCUT2D eigenvalue weighted by Crippen LogP contribution is -2.44. The molecule has 0 atom stereocenters. The Morgan fingerprint density at radius 3 is 1.92 bits per heavy atom. The van der Waals surface area contributed by atoms with E-state index in [0.717, 1.165) is 12.0 Å². The Balaban J connectivity index is 4.66. The molecule has 2 amide bonds. The van der Waals surface area contributed by atoms with Gasteiger partial charge in [-0.05, 0) is 13.8 Å². The molecule has 0 N–H and O–H groups in total. The molecule has 0 fully saturated rings. The number of nitrogens with zero attached hydrogens (tertiary/aromatic N) is 1. The lowest BCUT2D eigenvalue weighted by atomic mass is 10.3. The van der Waals surface area contributed by atoms with Gasteiger partial charge in [0.1, 0.15) is 0 Å². The lowest BCUT2D eigenvalue weighted by Gasteiger charge is -2.21. The molecule has 0 heterocycles. The van der Waals surface area contributed by atoms with E-state index < -0.39 is 17.8 Å². The van der Waals surface area contributed by atoms with Gasteiger partial charge in [-0.25, -0.2) is 4.79 Å². The maximum absolute atomic E-state index is 11.2. The topological polar surface area (TPSA) is 63.7 Å². The summed E-state index contributed by atoms with van der Waals surface area (Å²) in [6.07, 6.45) is 0. The number of imide groups is 1. The van der Waals surface area contributed by atoms with Gasteiger partial charge in [-0.1, -0.05) is 0 Å². The van der Waals surface area contributed by atoms with E-state index in [1.54, 1.807) is 13.8 Å². The SMILES string of the molecule is COC(=O)C(=O)N(C(C)=O)C(C)C. The highest BCUT2D eigenvalue weighted by Gasteiger charge is 2.27. The maximum Gasteiger partial charge on any atom is 0.397 e. The van der Waals surface area contributed by atoms with Crippen LogP contribution in [0, 0.1) is 0 Å². The van der Waals surface area contributed by atoms with Gasteiger partial charge in [-0.3, -0.25) is 14.5 Å². The minimum absolute atomic E-state index is 0.343. The third-order valence-corrected chi connectivity index (χ3v) is 1.43. The van der Waals surface area contributed by atoms with Crippen LogP contribution in [0.15, 0.2) is 0 Å². The fourth-order valence-electron chi connectivity index (χ4n) is 0.927. The number of amides is 2. The van der Waals surface area contributed by atoms with Crippen LogP contribution in [0.1, 0.15) is 20.8 Å². The Morgan fingerprint density at radius 1 is 1.23 bits per heavy atom. The first-order valence-electron chi connectivity index (χ1n) is 3.83. The third-order valence-electron chi connectivity index (χ3n) is 1.43. The molecule has 0 radical (unpaired) electrons. The zero-order chi connectivity index (χ0) is 10.6. The summed E-state index contributed by atoms with van der Waals surface area (Å²) in [4.78, 5) is 33.8. The van der Waals surface area contributed by atoms with Crippen molar-refractivity contribution in [2.45, 2.75) is 26.8 Å². The number of hydrogen-bond donors (Lipinski definition) is 0. The van der Waals surface area contributed by atoms with Crippen LogP contribution in [-0.2, 0) is 19.1 Å². The summed E-state index contributed by atoms with van der Waals surface area (Å²) in [7, 11) is 1.10. The summed E-state index contributed by atoms with van der Waals surface area (Å²) in [5, 5.41) is 0. The molecule has 0 spiro atoms. The quantitative estimate of drug-likeness (QED) is 0.426. The van der Waals surface area contributed by atoms with Crippen molar-refractivity contribution in [2.24, 2.45) is 0 Å². The van der Waals surface area contributed by atoms with Crippen molar-refractivity contribution in [3.63, 3.8) is 0 Å². The van der Waals surface area contributed by atoms with Crippen LogP contribution >= 0.6 is 0 Å². The van der Waals surface area contributed by atoms with E-state index in [1.807, 2.05) is 0 Å². The smallest absolute Gasteiger partial charge is 0.397 e. The van der Waals surface area contributed by atoms with Crippen LogP contribution in [0.3, 0.4) is 0 Å². The molecule has 13 heavy (non-hydrogen) atoms. The fraction of sp³-hybridized carbons (Fsp3) is 0.625. The van der Waals surface area contributed by atoms with Crippen LogP contribution in [0.25, 0.3) is 0 Å². The second-order valence-corrected chi connectivity index (χ2v) is 2.78. The van der Waals surface area contributed by atoms with E-state index in [0.29, 0.717) is 0 Å². The second kappa shape index (κ2) is 4.59.